The van der Waals surface area contributed by atoms with Gasteiger partial charge >= 0.3 is 0 Å². The van der Waals surface area contributed by atoms with Crippen molar-refractivity contribution in [3.63, 3.8) is 0 Å². The van der Waals surface area contributed by atoms with Gasteiger partial charge < -0.3 is 14.5 Å². The molecule has 1 fully saturated rings. The molecule has 0 amide bonds. The van der Waals surface area contributed by atoms with Crippen LogP contribution in [0.3, 0.4) is 0 Å². The summed E-state index contributed by atoms with van der Waals surface area (Å²) < 4.78 is 6.60. The minimum absolute atomic E-state index is 0.318. The van der Waals surface area contributed by atoms with Gasteiger partial charge in [-0.2, -0.15) is 0 Å². The lowest BCUT2D eigenvalue weighted by Gasteiger charge is -2.33. The Morgan fingerprint density at radius 1 is 1.29 bits per heavy atom. The lowest BCUT2D eigenvalue weighted by Crippen LogP contribution is -2.44. The van der Waals surface area contributed by atoms with E-state index < -0.39 is 0 Å². The number of imidazole rings is 1. The number of aromatic nitrogens is 2. The number of carbonyl (C=O) groups is 1. The Bertz CT molecular complexity index is 642. The van der Waals surface area contributed by atoms with Gasteiger partial charge in [-0.05, 0) is 45.4 Å². The molecule has 0 saturated carbocycles. The third kappa shape index (κ3) is 5.32. The monoisotopic (exact) mass is 332 g/mol. The molecule has 0 aliphatic carbocycles. The topological polar surface area (TPSA) is 58.9 Å². The number of fused-ring (bicyclic) bond motifs is 1. The molecule has 1 atom stereocenters. The summed E-state index contributed by atoms with van der Waals surface area (Å²) in [5.41, 5.74) is 2.07. The van der Waals surface area contributed by atoms with Gasteiger partial charge in [0.25, 0.3) is 6.47 Å². The largest absolute Gasteiger partial charge is 0.462 e. The van der Waals surface area contributed by atoms with E-state index in [4.69, 9.17) is 0 Å². The zero-order valence-corrected chi connectivity index (χ0v) is 15.0. The van der Waals surface area contributed by atoms with Crippen LogP contribution in [0.15, 0.2) is 30.7 Å². The summed E-state index contributed by atoms with van der Waals surface area (Å²) in [5, 5.41) is 3.39. The molecule has 0 radical (unpaired) electrons. The number of pyridine rings is 1. The molecule has 1 aliphatic heterocycles. The van der Waals surface area contributed by atoms with Crippen LogP contribution in [0.25, 0.3) is 5.65 Å². The Kier molecular flexibility index (Phi) is 6.34. The first-order valence-electron chi connectivity index (χ1n) is 8.39. The Balaban J connectivity index is 0.000000256. The van der Waals surface area contributed by atoms with Gasteiger partial charge in [-0.3, -0.25) is 9.69 Å². The van der Waals surface area contributed by atoms with Gasteiger partial charge in [0.15, 0.2) is 0 Å². The highest BCUT2D eigenvalue weighted by atomic mass is 16.5. The molecule has 2 aromatic rings. The number of carbonyl (C=O) groups excluding carboxylic acids is 1. The van der Waals surface area contributed by atoms with Gasteiger partial charge in [0, 0.05) is 50.8 Å². The molecule has 1 N–H and O–H groups in total. The van der Waals surface area contributed by atoms with Gasteiger partial charge in [0.05, 0.1) is 0 Å². The molecule has 132 valence electrons. The molecule has 0 spiro atoms. The van der Waals surface area contributed by atoms with Gasteiger partial charge in [-0.1, -0.05) is 0 Å². The summed E-state index contributed by atoms with van der Waals surface area (Å²) in [6, 6.07) is 4.85. The number of ether oxygens (including phenoxy) is 1. The first-order valence-corrected chi connectivity index (χ1v) is 8.39. The van der Waals surface area contributed by atoms with E-state index in [-0.39, 0.29) is 5.60 Å². The van der Waals surface area contributed by atoms with Crippen LogP contribution in [0.1, 0.15) is 39.3 Å². The SMILES string of the molecule is CC(C)(C)OC=O.CC(c1ccn2ccnc2c1)N1CCNCC1. The standard InChI is InChI=1S/C13H18N4.C5H10O2/c1-11(16-7-3-14-4-8-16)12-2-6-17-9-5-15-13(17)10-12;1-5(2,3)7-4-6/h2,5-6,9-11,14H,3-4,7-8H2,1H3;4H,1-3H3. The summed E-state index contributed by atoms with van der Waals surface area (Å²) in [7, 11) is 0. The summed E-state index contributed by atoms with van der Waals surface area (Å²) >= 11 is 0. The summed E-state index contributed by atoms with van der Waals surface area (Å²) in [4.78, 5) is 16.5. The molecule has 1 saturated heterocycles. The van der Waals surface area contributed by atoms with E-state index in [1.54, 1.807) is 0 Å². The molecule has 3 heterocycles. The number of piperazine rings is 1. The highest BCUT2D eigenvalue weighted by Gasteiger charge is 2.18. The molecule has 0 aromatic carbocycles. The quantitative estimate of drug-likeness (QED) is 0.874. The average molecular weight is 332 g/mol. The second kappa shape index (κ2) is 8.26. The van der Waals surface area contributed by atoms with Crippen LogP contribution in [-0.2, 0) is 9.53 Å². The van der Waals surface area contributed by atoms with Crippen molar-refractivity contribution in [2.24, 2.45) is 0 Å². The molecule has 24 heavy (non-hydrogen) atoms. The van der Waals surface area contributed by atoms with Crippen LogP contribution in [0, 0.1) is 0 Å². The zero-order chi connectivity index (χ0) is 17.6. The van der Waals surface area contributed by atoms with Crippen LogP contribution >= 0.6 is 0 Å². The van der Waals surface area contributed by atoms with Crippen molar-refractivity contribution in [3.05, 3.63) is 36.3 Å². The molecular formula is C18H28N4O2. The van der Waals surface area contributed by atoms with Crippen LogP contribution in [-0.4, -0.2) is 52.5 Å². The van der Waals surface area contributed by atoms with Crippen LogP contribution in [0.2, 0.25) is 0 Å². The van der Waals surface area contributed by atoms with Gasteiger partial charge in [-0.15, -0.1) is 0 Å². The lowest BCUT2D eigenvalue weighted by atomic mass is 10.1. The fraction of sp³-hybridized carbons (Fsp3) is 0.556. The van der Waals surface area contributed by atoms with E-state index in [2.05, 4.69) is 45.2 Å². The highest BCUT2D eigenvalue weighted by molar-refractivity contribution is 5.42. The molecule has 1 aliphatic rings. The maximum absolute atomic E-state index is 9.60. The van der Waals surface area contributed by atoms with E-state index in [1.807, 2.05) is 37.6 Å². The van der Waals surface area contributed by atoms with Crippen LogP contribution in [0.4, 0.5) is 0 Å². The lowest BCUT2D eigenvalue weighted by molar-refractivity contribution is -0.138. The summed E-state index contributed by atoms with van der Waals surface area (Å²) in [5.74, 6) is 0. The molecule has 1 unspecified atom stereocenters. The Morgan fingerprint density at radius 3 is 2.58 bits per heavy atom. The Hall–Kier alpha value is -1.92. The number of rotatable bonds is 3. The van der Waals surface area contributed by atoms with Crippen molar-refractivity contribution in [1.82, 2.24) is 19.6 Å². The minimum atomic E-state index is -0.318. The fourth-order valence-corrected chi connectivity index (χ4v) is 2.61. The van der Waals surface area contributed by atoms with Crippen molar-refractivity contribution in [1.29, 1.82) is 0 Å². The molecule has 6 heteroatoms. The number of nitrogens with one attached hydrogen (secondary N) is 1. The van der Waals surface area contributed by atoms with Gasteiger partial charge in [0.2, 0.25) is 0 Å². The first-order chi connectivity index (χ1) is 11.4. The highest BCUT2D eigenvalue weighted by Crippen LogP contribution is 2.21. The van der Waals surface area contributed by atoms with E-state index >= 15 is 0 Å². The van der Waals surface area contributed by atoms with Crippen molar-refractivity contribution >= 4 is 12.1 Å². The van der Waals surface area contributed by atoms with Crippen molar-refractivity contribution < 1.29 is 9.53 Å². The molecule has 0 bridgehead atoms. The van der Waals surface area contributed by atoms with Gasteiger partial charge in [0.1, 0.15) is 11.2 Å². The zero-order valence-electron chi connectivity index (χ0n) is 15.0. The van der Waals surface area contributed by atoms with Crippen molar-refractivity contribution in [2.45, 2.75) is 39.3 Å². The maximum atomic E-state index is 9.60. The normalized spacial score (nSPS) is 17.0. The molecule has 6 nitrogen and oxygen atoms in total. The van der Waals surface area contributed by atoms with Crippen molar-refractivity contribution in [2.75, 3.05) is 26.2 Å². The third-order valence-electron chi connectivity index (χ3n) is 4.01. The Morgan fingerprint density at radius 2 is 2.00 bits per heavy atom. The van der Waals surface area contributed by atoms with E-state index in [0.29, 0.717) is 12.5 Å². The van der Waals surface area contributed by atoms with Crippen LogP contribution in [0.5, 0.6) is 0 Å². The first kappa shape index (κ1) is 18.4. The predicted molar refractivity (Wildman–Crippen MR) is 95.0 cm³/mol. The third-order valence-corrected chi connectivity index (χ3v) is 4.01. The average Bonchev–Trinajstić information content (AvgIpc) is 3.02. The number of hydrogen-bond donors (Lipinski definition) is 1. The Labute approximate surface area is 143 Å². The number of nitrogens with zero attached hydrogens (tertiary/aromatic N) is 3. The maximum Gasteiger partial charge on any atom is 0.293 e. The molecular weight excluding hydrogens is 304 g/mol. The summed E-state index contributed by atoms with van der Waals surface area (Å²) in [6.45, 7) is 12.6. The van der Waals surface area contributed by atoms with Crippen LogP contribution < -0.4 is 5.32 Å². The second-order valence-corrected chi connectivity index (χ2v) is 6.94. The molecule has 2 aromatic heterocycles. The minimum Gasteiger partial charge on any atom is -0.462 e. The van der Waals surface area contributed by atoms with E-state index in [1.165, 1.54) is 5.56 Å². The predicted octanol–water partition coefficient (Wildman–Crippen LogP) is 2.26. The number of hydrogen-bond acceptors (Lipinski definition) is 5. The second-order valence-electron chi connectivity index (χ2n) is 6.94. The van der Waals surface area contributed by atoms with Crippen molar-refractivity contribution in [3.8, 4) is 0 Å². The smallest absolute Gasteiger partial charge is 0.293 e. The summed E-state index contributed by atoms with van der Waals surface area (Å²) in [6.07, 6.45) is 5.92. The fourth-order valence-electron chi connectivity index (χ4n) is 2.61. The van der Waals surface area contributed by atoms with Gasteiger partial charge in [-0.25, -0.2) is 4.98 Å². The van der Waals surface area contributed by atoms with E-state index in [9.17, 15) is 4.79 Å². The molecule has 3 rings (SSSR count). The van der Waals surface area contributed by atoms with E-state index in [0.717, 1.165) is 31.8 Å².